The van der Waals surface area contributed by atoms with Gasteiger partial charge in [-0.05, 0) is 18.8 Å². The Morgan fingerprint density at radius 1 is 1.26 bits per heavy atom. The van der Waals surface area contributed by atoms with Crippen molar-refractivity contribution in [3.8, 4) is 0 Å². The molecule has 19 heavy (non-hydrogen) atoms. The Morgan fingerprint density at radius 3 is 2.68 bits per heavy atom. The van der Waals surface area contributed by atoms with Gasteiger partial charge in [0.25, 0.3) is 0 Å². The quantitative estimate of drug-likeness (QED) is 0.873. The van der Waals surface area contributed by atoms with Crippen molar-refractivity contribution < 1.29 is 8.78 Å². The lowest BCUT2D eigenvalue weighted by Crippen LogP contribution is -2.28. The molecule has 0 aromatic carbocycles. The third kappa shape index (κ3) is 3.33. The van der Waals surface area contributed by atoms with Crippen molar-refractivity contribution in [2.75, 3.05) is 17.7 Å². The topological polar surface area (TPSA) is 37.0 Å². The number of hydrogen-bond donors (Lipinski definition) is 2. The second-order valence-electron chi connectivity index (χ2n) is 5.18. The first-order chi connectivity index (χ1) is 9.13. The maximum atomic E-state index is 13.7. The minimum atomic E-state index is -0.666. The Hall–Kier alpha value is -1.39. The molecule has 0 spiro atoms. The molecule has 2 unspecified atom stereocenters. The van der Waals surface area contributed by atoms with E-state index in [4.69, 9.17) is 0 Å². The second-order valence-corrected chi connectivity index (χ2v) is 5.18. The third-order valence-corrected chi connectivity index (χ3v) is 3.87. The van der Waals surface area contributed by atoms with E-state index in [9.17, 15) is 8.78 Å². The Kier molecular flexibility index (Phi) is 4.56. The molecular weight excluding hydrogens is 248 g/mol. The molecule has 106 valence electrons. The van der Waals surface area contributed by atoms with Gasteiger partial charge in [0, 0.05) is 19.2 Å². The summed E-state index contributed by atoms with van der Waals surface area (Å²) in [7, 11) is 1.57. The lowest BCUT2D eigenvalue weighted by Gasteiger charge is -2.29. The number of rotatable bonds is 4. The molecule has 0 radical (unpaired) electrons. The van der Waals surface area contributed by atoms with Crippen molar-refractivity contribution in [2.45, 2.75) is 45.1 Å². The first kappa shape index (κ1) is 14.0. The minimum absolute atomic E-state index is 0.0757. The van der Waals surface area contributed by atoms with Crippen LogP contribution in [0.25, 0.3) is 0 Å². The van der Waals surface area contributed by atoms with Crippen LogP contribution in [0.3, 0.4) is 0 Å². The third-order valence-electron chi connectivity index (χ3n) is 3.87. The lowest BCUT2D eigenvalue weighted by atomic mass is 9.84. The van der Waals surface area contributed by atoms with Crippen molar-refractivity contribution in [1.29, 1.82) is 0 Å². The van der Waals surface area contributed by atoms with Gasteiger partial charge in [-0.25, -0.2) is 13.8 Å². The number of aromatic nitrogens is 1. The van der Waals surface area contributed by atoms with Gasteiger partial charge in [0.15, 0.2) is 23.3 Å². The molecular formula is C14H21F2N3. The predicted octanol–water partition coefficient (Wildman–Crippen LogP) is 3.78. The fourth-order valence-electron chi connectivity index (χ4n) is 2.73. The molecule has 2 N–H and O–H groups in total. The normalized spacial score (nSPS) is 23.2. The van der Waals surface area contributed by atoms with Crippen LogP contribution in [0, 0.1) is 17.6 Å². The van der Waals surface area contributed by atoms with Gasteiger partial charge in [-0.2, -0.15) is 0 Å². The van der Waals surface area contributed by atoms with Gasteiger partial charge in [-0.15, -0.1) is 0 Å². The molecule has 1 fully saturated rings. The Morgan fingerprint density at radius 2 is 2.00 bits per heavy atom. The molecule has 0 aliphatic heterocycles. The standard InChI is InChI=1S/C14H21F2N3/c1-3-9-5-4-6-10(7-9)18-14-12(16)8-11(15)13(17-2)19-14/h8-10H,3-7H2,1-2H3,(H2,17,18,19). The summed E-state index contributed by atoms with van der Waals surface area (Å²) >= 11 is 0. The number of halogens is 2. The molecule has 3 nitrogen and oxygen atoms in total. The summed E-state index contributed by atoms with van der Waals surface area (Å²) in [6.45, 7) is 2.18. The van der Waals surface area contributed by atoms with Crippen LogP contribution in [0.4, 0.5) is 20.4 Å². The first-order valence-electron chi connectivity index (χ1n) is 6.94. The van der Waals surface area contributed by atoms with E-state index >= 15 is 0 Å². The minimum Gasteiger partial charge on any atom is -0.371 e. The average molecular weight is 269 g/mol. The predicted molar refractivity (Wildman–Crippen MR) is 73.4 cm³/mol. The molecule has 0 amide bonds. The van der Waals surface area contributed by atoms with Gasteiger partial charge < -0.3 is 10.6 Å². The second kappa shape index (κ2) is 6.17. The fraction of sp³-hybridized carbons (Fsp3) is 0.643. The molecule has 0 saturated heterocycles. The van der Waals surface area contributed by atoms with Crippen molar-refractivity contribution in [2.24, 2.45) is 5.92 Å². The maximum Gasteiger partial charge on any atom is 0.168 e. The van der Waals surface area contributed by atoms with Gasteiger partial charge >= 0.3 is 0 Å². The first-order valence-corrected chi connectivity index (χ1v) is 6.94. The van der Waals surface area contributed by atoms with Crippen LogP contribution in [0.15, 0.2) is 6.07 Å². The molecule has 2 rings (SSSR count). The molecule has 1 saturated carbocycles. The fourth-order valence-corrected chi connectivity index (χ4v) is 2.73. The SMILES string of the molecule is CCC1CCCC(Nc2nc(NC)c(F)cc2F)C1. The van der Waals surface area contributed by atoms with E-state index in [1.165, 1.54) is 6.42 Å². The molecule has 0 bridgehead atoms. The zero-order chi connectivity index (χ0) is 13.8. The van der Waals surface area contributed by atoms with Crippen LogP contribution < -0.4 is 10.6 Å². The van der Waals surface area contributed by atoms with E-state index in [2.05, 4.69) is 22.5 Å². The van der Waals surface area contributed by atoms with Crippen LogP contribution in [-0.2, 0) is 0 Å². The number of nitrogens with one attached hydrogen (secondary N) is 2. The number of hydrogen-bond acceptors (Lipinski definition) is 3. The van der Waals surface area contributed by atoms with Crippen LogP contribution in [0.5, 0.6) is 0 Å². The van der Waals surface area contributed by atoms with Crippen molar-refractivity contribution >= 4 is 11.6 Å². The van der Waals surface area contributed by atoms with E-state index in [-0.39, 0.29) is 17.7 Å². The highest BCUT2D eigenvalue weighted by Crippen LogP contribution is 2.29. The summed E-state index contributed by atoms with van der Waals surface area (Å²) < 4.78 is 27.0. The van der Waals surface area contributed by atoms with Crippen molar-refractivity contribution in [1.82, 2.24) is 4.98 Å². The lowest BCUT2D eigenvalue weighted by molar-refractivity contribution is 0.326. The Balaban J connectivity index is 2.10. The van der Waals surface area contributed by atoms with Gasteiger partial charge in [0.05, 0.1) is 0 Å². The largest absolute Gasteiger partial charge is 0.371 e. The van der Waals surface area contributed by atoms with Crippen LogP contribution in [-0.4, -0.2) is 18.1 Å². The molecule has 1 aromatic heterocycles. The summed E-state index contributed by atoms with van der Waals surface area (Å²) in [4.78, 5) is 3.96. The Bertz CT molecular complexity index is 437. The molecule has 1 aliphatic carbocycles. The molecule has 1 aromatic rings. The van der Waals surface area contributed by atoms with Crippen LogP contribution in [0.1, 0.15) is 39.0 Å². The van der Waals surface area contributed by atoms with E-state index in [1.54, 1.807) is 7.05 Å². The van der Waals surface area contributed by atoms with Gasteiger partial charge in [-0.1, -0.05) is 26.2 Å². The van der Waals surface area contributed by atoms with E-state index in [0.717, 1.165) is 31.7 Å². The van der Waals surface area contributed by atoms with Gasteiger partial charge in [0.1, 0.15) is 0 Å². The van der Waals surface area contributed by atoms with Gasteiger partial charge in [0.2, 0.25) is 0 Å². The monoisotopic (exact) mass is 269 g/mol. The van der Waals surface area contributed by atoms with E-state index in [1.807, 2.05) is 0 Å². The smallest absolute Gasteiger partial charge is 0.168 e. The average Bonchev–Trinajstić information content (AvgIpc) is 2.42. The number of nitrogens with zero attached hydrogens (tertiary/aromatic N) is 1. The van der Waals surface area contributed by atoms with Crippen LogP contribution in [0.2, 0.25) is 0 Å². The molecule has 1 aliphatic rings. The maximum absolute atomic E-state index is 13.7. The zero-order valence-electron chi connectivity index (χ0n) is 11.5. The zero-order valence-corrected chi connectivity index (χ0v) is 11.5. The molecule has 2 atom stereocenters. The van der Waals surface area contributed by atoms with Gasteiger partial charge in [-0.3, -0.25) is 0 Å². The number of anilines is 2. The number of pyridine rings is 1. The van der Waals surface area contributed by atoms with Crippen LogP contribution >= 0.6 is 0 Å². The highest BCUT2D eigenvalue weighted by molar-refractivity contribution is 5.47. The van der Waals surface area contributed by atoms with Crippen molar-refractivity contribution in [3.63, 3.8) is 0 Å². The summed E-state index contributed by atoms with van der Waals surface area (Å²) in [6, 6.07) is 1.11. The highest BCUT2D eigenvalue weighted by Gasteiger charge is 2.22. The van der Waals surface area contributed by atoms with Crippen molar-refractivity contribution in [3.05, 3.63) is 17.7 Å². The highest BCUT2D eigenvalue weighted by atomic mass is 19.1. The summed E-state index contributed by atoms with van der Waals surface area (Å²) in [5, 5.41) is 5.75. The molecule has 5 heteroatoms. The molecule has 1 heterocycles. The van der Waals surface area contributed by atoms with E-state index < -0.39 is 11.6 Å². The van der Waals surface area contributed by atoms with E-state index in [0.29, 0.717) is 5.92 Å². The summed E-state index contributed by atoms with van der Waals surface area (Å²) in [6.07, 6.45) is 5.60. The summed E-state index contributed by atoms with van der Waals surface area (Å²) in [5.41, 5.74) is 0. The Labute approximate surface area is 112 Å². The summed E-state index contributed by atoms with van der Waals surface area (Å²) in [5.74, 6) is -0.381.